The Morgan fingerprint density at radius 2 is 1.98 bits per heavy atom. The lowest BCUT2D eigenvalue weighted by molar-refractivity contribution is -0.121. The zero-order chi connectivity index (χ0) is 32.0. The third-order valence-electron chi connectivity index (χ3n) is 8.27. The largest absolute Gasteiger partial charge is 0.508 e. The van der Waals surface area contributed by atoms with Crippen LogP contribution in [0.1, 0.15) is 43.4 Å². The van der Waals surface area contributed by atoms with E-state index in [0.717, 1.165) is 42.7 Å². The lowest BCUT2D eigenvalue weighted by Gasteiger charge is -2.25. The topological polar surface area (TPSA) is 163 Å². The van der Waals surface area contributed by atoms with Crippen LogP contribution in [0.15, 0.2) is 30.5 Å². The molecule has 1 aromatic heterocycles. The molecule has 0 radical (unpaired) electrons. The Kier molecular flexibility index (Phi) is 13.8. The number of amides is 4. The maximum Gasteiger partial charge on any atom is 0.314 e. The van der Waals surface area contributed by atoms with Crippen LogP contribution in [-0.4, -0.2) is 113 Å². The third-order valence-corrected chi connectivity index (χ3v) is 9.85. The number of carbonyl (C=O) groups excluding carboxylic acids is 3. The summed E-state index contributed by atoms with van der Waals surface area (Å²) in [6, 6.07) is 7.32. The van der Waals surface area contributed by atoms with Gasteiger partial charge in [-0.15, -0.1) is 5.10 Å². The number of aromatic hydroxyl groups is 1. The maximum absolute atomic E-state index is 12.3. The number of nitrogens with zero attached hydrogens (tertiary/aromatic N) is 4. The minimum atomic E-state index is -0.234. The van der Waals surface area contributed by atoms with Gasteiger partial charge >= 0.3 is 6.03 Å². The first-order valence-corrected chi connectivity index (χ1v) is 16.9. The smallest absolute Gasteiger partial charge is 0.314 e. The number of fused-ring (bicyclic) bond motifs is 1. The molecule has 4 rings (SSSR count). The summed E-state index contributed by atoms with van der Waals surface area (Å²) in [6.07, 6.45) is 7.21. The molecule has 5 N–H and O–H groups in total. The van der Waals surface area contributed by atoms with E-state index in [1.54, 1.807) is 16.8 Å². The van der Waals surface area contributed by atoms with Crippen LogP contribution in [0.2, 0.25) is 0 Å². The van der Waals surface area contributed by atoms with E-state index in [4.69, 9.17) is 4.74 Å². The molecule has 4 atom stereocenters. The molecule has 248 valence electrons. The molecule has 0 spiro atoms. The van der Waals surface area contributed by atoms with Crippen LogP contribution >= 0.6 is 11.8 Å². The highest BCUT2D eigenvalue weighted by Gasteiger charge is 2.42. The lowest BCUT2D eigenvalue weighted by atomic mass is 9.97. The van der Waals surface area contributed by atoms with Crippen LogP contribution in [0.25, 0.3) is 0 Å². The normalized spacial score (nSPS) is 19.7. The molecule has 1 aromatic carbocycles. The first-order chi connectivity index (χ1) is 21.8. The van der Waals surface area contributed by atoms with Gasteiger partial charge in [-0.3, -0.25) is 9.59 Å². The molecular formula is C31H48N8O5S. The number of ether oxygens (including phenoxy) is 1. The van der Waals surface area contributed by atoms with Gasteiger partial charge in [0.2, 0.25) is 11.8 Å². The summed E-state index contributed by atoms with van der Waals surface area (Å²) in [5.74, 6) is 2.01. The number of aromatic nitrogens is 3. The highest BCUT2D eigenvalue weighted by atomic mass is 32.2. The van der Waals surface area contributed by atoms with Gasteiger partial charge in [0.15, 0.2) is 0 Å². The molecular weight excluding hydrogens is 596 g/mol. The number of phenolic OH excluding ortho intramolecular Hbond substituents is 1. The van der Waals surface area contributed by atoms with E-state index in [1.165, 1.54) is 0 Å². The highest BCUT2D eigenvalue weighted by molar-refractivity contribution is 8.00. The molecule has 45 heavy (non-hydrogen) atoms. The molecule has 3 heterocycles. The Hall–Kier alpha value is -3.36. The average molecular weight is 645 g/mol. The fourth-order valence-electron chi connectivity index (χ4n) is 5.62. The number of rotatable bonds is 19. The number of hydrogen-bond donors (Lipinski definition) is 5. The molecule has 2 fully saturated rings. The van der Waals surface area contributed by atoms with Crippen molar-refractivity contribution in [1.29, 1.82) is 0 Å². The molecule has 0 bridgehead atoms. The number of thioether (sulfide) groups is 1. The van der Waals surface area contributed by atoms with Crippen molar-refractivity contribution in [2.24, 2.45) is 5.92 Å². The number of urea groups is 1. The van der Waals surface area contributed by atoms with E-state index in [9.17, 15) is 19.5 Å². The van der Waals surface area contributed by atoms with Gasteiger partial charge in [-0.2, -0.15) is 11.8 Å². The van der Waals surface area contributed by atoms with Crippen molar-refractivity contribution in [3.05, 3.63) is 41.7 Å². The second-order valence-electron chi connectivity index (χ2n) is 12.0. The van der Waals surface area contributed by atoms with Gasteiger partial charge in [0.1, 0.15) is 5.75 Å². The van der Waals surface area contributed by atoms with Gasteiger partial charge in [-0.1, -0.05) is 23.8 Å². The lowest BCUT2D eigenvalue weighted by Crippen LogP contribution is -2.45. The van der Waals surface area contributed by atoms with Gasteiger partial charge in [-0.05, 0) is 62.7 Å². The van der Waals surface area contributed by atoms with E-state index >= 15 is 0 Å². The summed E-state index contributed by atoms with van der Waals surface area (Å²) in [4.78, 5) is 38.1. The fraction of sp³-hybridized carbons (Fsp3) is 0.645. The van der Waals surface area contributed by atoms with Crippen LogP contribution in [0.3, 0.4) is 0 Å². The number of phenols is 1. The van der Waals surface area contributed by atoms with E-state index < -0.39 is 0 Å². The first-order valence-electron chi connectivity index (χ1n) is 15.9. The standard InChI is InChI=1S/C31H48N8O5S/c1-38(2)25(17-22-7-9-26(40)10-8-22)19-34-31(43)33-12-11-24-20-39(37-36-24)14-16-44-15-13-32-28(41)6-4-3-5-27-30-23(21-45-27)18-29(42)35-30/h7-10,20,23,25,27,30,40H,3-6,11-19,21H2,1-2H3,(H,32,41)(H,35,42)(H2,33,34,43)/t23-,25-,27+,30-/m0/s1. The number of carbonyl (C=O) groups is 3. The van der Waals surface area contributed by atoms with Crippen LogP contribution in [0.4, 0.5) is 4.79 Å². The summed E-state index contributed by atoms with van der Waals surface area (Å²) in [7, 11) is 3.95. The molecule has 2 saturated heterocycles. The Labute approximate surface area is 269 Å². The molecule has 4 amide bonds. The van der Waals surface area contributed by atoms with Gasteiger partial charge in [0, 0.05) is 62.4 Å². The fourth-order valence-corrected chi connectivity index (χ4v) is 7.27. The summed E-state index contributed by atoms with van der Waals surface area (Å²) in [6.45, 7) is 2.82. The summed E-state index contributed by atoms with van der Waals surface area (Å²) in [5.41, 5.74) is 1.87. The van der Waals surface area contributed by atoms with Gasteiger partial charge < -0.3 is 36.0 Å². The third kappa shape index (κ3) is 11.8. The van der Waals surface area contributed by atoms with E-state index in [2.05, 4.69) is 36.5 Å². The second-order valence-corrected chi connectivity index (χ2v) is 13.3. The van der Waals surface area contributed by atoms with Gasteiger partial charge in [-0.25, -0.2) is 9.48 Å². The van der Waals surface area contributed by atoms with Gasteiger partial charge in [0.05, 0.1) is 25.5 Å². The Bertz CT molecular complexity index is 1230. The van der Waals surface area contributed by atoms with Crippen molar-refractivity contribution in [3.63, 3.8) is 0 Å². The van der Waals surface area contributed by atoms with Crippen LogP contribution < -0.4 is 21.3 Å². The number of benzene rings is 1. The number of hydrogen-bond acceptors (Lipinski definition) is 9. The quantitative estimate of drug-likeness (QED) is 0.142. The predicted octanol–water partition coefficient (Wildman–Crippen LogP) is 1.31. The van der Waals surface area contributed by atoms with Crippen molar-refractivity contribution in [3.8, 4) is 5.75 Å². The second kappa shape index (κ2) is 18.0. The highest BCUT2D eigenvalue weighted by Crippen LogP contribution is 2.39. The first kappa shape index (κ1) is 34.5. The Morgan fingerprint density at radius 3 is 2.78 bits per heavy atom. The molecule has 2 aliphatic rings. The zero-order valence-corrected chi connectivity index (χ0v) is 27.2. The number of unbranched alkanes of at least 4 members (excludes halogenated alkanes) is 1. The van der Waals surface area contributed by atoms with Crippen LogP contribution in [0.5, 0.6) is 5.75 Å². The van der Waals surface area contributed by atoms with Crippen molar-refractivity contribution >= 4 is 29.6 Å². The zero-order valence-electron chi connectivity index (χ0n) is 26.4. The number of likely N-dealkylation sites (N-methyl/N-ethyl adjacent to an activating group) is 1. The van der Waals surface area contributed by atoms with E-state index in [1.807, 2.05) is 44.2 Å². The summed E-state index contributed by atoms with van der Waals surface area (Å²) >= 11 is 1.96. The molecule has 0 saturated carbocycles. The van der Waals surface area contributed by atoms with Gasteiger partial charge in [0.25, 0.3) is 0 Å². The Morgan fingerprint density at radius 1 is 1.16 bits per heavy atom. The minimum Gasteiger partial charge on any atom is -0.508 e. The summed E-state index contributed by atoms with van der Waals surface area (Å²) in [5, 5.41) is 30.1. The average Bonchev–Trinajstić information content (AvgIpc) is 3.72. The van der Waals surface area contributed by atoms with Crippen molar-refractivity contribution < 1.29 is 24.2 Å². The Balaban J connectivity index is 0.981. The monoisotopic (exact) mass is 644 g/mol. The maximum atomic E-state index is 12.3. The van der Waals surface area contributed by atoms with Crippen LogP contribution in [0, 0.1) is 5.92 Å². The molecule has 2 aromatic rings. The van der Waals surface area contributed by atoms with Crippen molar-refractivity contribution in [2.75, 3.05) is 52.7 Å². The SMILES string of the molecule is CN(C)[C@H](CNC(=O)NCCc1cn(CCOCCNC(=O)CCCC[C@H]2SC[C@@H]3CC(=O)N[C@@H]32)nn1)Cc1ccc(O)cc1. The summed E-state index contributed by atoms with van der Waals surface area (Å²) < 4.78 is 7.35. The van der Waals surface area contributed by atoms with E-state index in [-0.39, 0.29) is 29.6 Å². The van der Waals surface area contributed by atoms with Crippen molar-refractivity contribution in [1.82, 2.24) is 41.2 Å². The minimum absolute atomic E-state index is 0.0412. The number of nitrogens with one attached hydrogen (secondary N) is 4. The molecule has 0 aliphatic carbocycles. The van der Waals surface area contributed by atoms with E-state index in [0.29, 0.717) is 75.9 Å². The van der Waals surface area contributed by atoms with Crippen molar-refractivity contribution in [2.45, 2.75) is 68.8 Å². The molecule has 13 nitrogen and oxygen atoms in total. The predicted molar refractivity (Wildman–Crippen MR) is 173 cm³/mol. The molecule has 2 aliphatic heterocycles. The molecule has 14 heteroatoms. The molecule has 0 unspecified atom stereocenters. The van der Waals surface area contributed by atoms with Crippen LogP contribution in [-0.2, 0) is 33.7 Å².